The molecule has 2 aliphatic heterocycles. The predicted octanol–water partition coefficient (Wildman–Crippen LogP) is 1.26. The van der Waals surface area contributed by atoms with E-state index < -0.39 is 0 Å². The smallest absolute Gasteiger partial charge is 0.193 e. The summed E-state index contributed by atoms with van der Waals surface area (Å²) in [6, 6.07) is 0. The molecule has 0 aliphatic carbocycles. The van der Waals surface area contributed by atoms with E-state index in [1.54, 1.807) is 0 Å². The van der Waals surface area contributed by atoms with Crippen LogP contribution in [0.5, 0.6) is 0 Å². The van der Waals surface area contributed by atoms with Crippen molar-refractivity contribution in [3.05, 3.63) is 0 Å². The van der Waals surface area contributed by atoms with Crippen LogP contribution in [0, 0.1) is 11.8 Å². The average molecular weight is 296 g/mol. The topological polar surface area (TPSA) is 40.1 Å². The van der Waals surface area contributed by atoms with Gasteiger partial charge in [-0.25, -0.2) is 0 Å². The van der Waals surface area contributed by atoms with Crippen LogP contribution in [0.2, 0.25) is 0 Å². The summed E-state index contributed by atoms with van der Waals surface area (Å²) in [6.45, 7) is 9.88. The lowest BCUT2D eigenvalue weighted by molar-refractivity contribution is 0.181. The summed E-state index contributed by atoms with van der Waals surface area (Å²) in [5.41, 5.74) is 0. The Hall–Kier alpha value is -0.810. The quantitative estimate of drug-likeness (QED) is 0.592. The second-order valence-electron chi connectivity index (χ2n) is 6.49. The average Bonchev–Trinajstić information content (AvgIpc) is 3.12. The van der Waals surface area contributed by atoms with Crippen LogP contribution in [0.1, 0.15) is 26.2 Å². The van der Waals surface area contributed by atoms with Crippen molar-refractivity contribution in [2.75, 3.05) is 60.0 Å². The number of aliphatic imine (C=N–C) groups is 1. The number of rotatable bonds is 6. The molecule has 0 bridgehead atoms. The molecule has 0 amide bonds. The van der Waals surface area contributed by atoms with Crippen LogP contribution in [-0.2, 0) is 4.74 Å². The number of likely N-dealkylation sites (tertiary alicyclic amines) is 1. The monoisotopic (exact) mass is 296 g/mol. The fraction of sp³-hybridized carbons (Fsp3) is 0.938. The predicted molar refractivity (Wildman–Crippen MR) is 87.8 cm³/mol. The van der Waals surface area contributed by atoms with E-state index in [1.165, 1.54) is 38.9 Å². The van der Waals surface area contributed by atoms with E-state index in [9.17, 15) is 0 Å². The first-order chi connectivity index (χ1) is 10.2. The molecule has 2 saturated heterocycles. The van der Waals surface area contributed by atoms with E-state index in [0.29, 0.717) is 5.92 Å². The number of guanidine groups is 1. The first-order valence-corrected chi connectivity index (χ1v) is 8.44. The van der Waals surface area contributed by atoms with E-state index in [2.05, 4.69) is 34.1 Å². The highest BCUT2D eigenvalue weighted by atomic mass is 16.5. The van der Waals surface area contributed by atoms with Gasteiger partial charge in [-0.1, -0.05) is 6.92 Å². The Morgan fingerprint density at radius 3 is 2.90 bits per heavy atom. The summed E-state index contributed by atoms with van der Waals surface area (Å²) < 4.78 is 5.45. The zero-order chi connectivity index (χ0) is 15.1. The maximum atomic E-state index is 5.45. The fourth-order valence-electron chi connectivity index (χ4n) is 3.42. The highest BCUT2D eigenvalue weighted by molar-refractivity contribution is 5.79. The molecule has 2 unspecified atom stereocenters. The molecule has 2 fully saturated rings. The maximum Gasteiger partial charge on any atom is 0.193 e. The normalized spacial score (nSPS) is 27.3. The van der Waals surface area contributed by atoms with E-state index in [0.717, 1.165) is 38.2 Å². The van der Waals surface area contributed by atoms with Gasteiger partial charge in [0.25, 0.3) is 0 Å². The summed E-state index contributed by atoms with van der Waals surface area (Å²) in [4.78, 5) is 9.25. The lowest BCUT2D eigenvalue weighted by Gasteiger charge is -2.25. The Balaban J connectivity index is 1.70. The van der Waals surface area contributed by atoms with Gasteiger partial charge in [0.2, 0.25) is 0 Å². The lowest BCUT2D eigenvalue weighted by Crippen LogP contribution is -2.43. The second kappa shape index (κ2) is 8.59. The zero-order valence-electron chi connectivity index (χ0n) is 14.0. The second-order valence-corrected chi connectivity index (χ2v) is 6.49. The number of nitrogens with zero attached hydrogens (tertiary/aromatic N) is 3. The zero-order valence-corrected chi connectivity index (χ0v) is 14.0. The highest BCUT2D eigenvalue weighted by Crippen LogP contribution is 2.16. The minimum Gasteiger partial charge on any atom is -0.381 e. The van der Waals surface area contributed by atoms with E-state index in [-0.39, 0.29) is 0 Å². The van der Waals surface area contributed by atoms with Crippen molar-refractivity contribution in [1.82, 2.24) is 15.1 Å². The molecular formula is C16H32N4O. The van der Waals surface area contributed by atoms with Crippen molar-refractivity contribution < 1.29 is 4.74 Å². The fourth-order valence-corrected chi connectivity index (χ4v) is 3.42. The van der Waals surface area contributed by atoms with Gasteiger partial charge < -0.3 is 19.9 Å². The van der Waals surface area contributed by atoms with Crippen LogP contribution in [0.25, 0.3) is 0 Å². The molecule has 2 rings (SSSR count). The first kappa shape index (κ1) is 16.6. The van der Waals surface area contributed by atoms with Gasteiger partial charge in [-0.2, -0.15) is 0 Å². The van der Waals surface area contributed by atoms with Gasteiger partial charge >= 0.3 is 0 Å². The van der Waals surface area contributed by atoms with E-state index in [4.69, 9.17) is 4.74 Å². The molecule has 122 valence electrons. The molecule has 0 aromatic carbocycles. The van der Waals surface area contributed by atoms with Gasteiger partial charge in [0.1, 0.15) is 0 Å². The summed E-state index contributed by atoms with van der Waals surface area (Å²) >= 11 is 0. The third-order valence-corrected chi connectivity index (χ3v) is 4.59. The highest BCUT2D eigenvalue weighted by Gasteiger charge is 2.23. The summed E-state index contributed by atoms with van der Waals surface area (Å²) in [5, 5.41) is 3.56. The van der Waals surface area contributed by atoms with Crippen molar-refractivity contribution in [2.24, 2.45) is 16.8 Å². The van der Waals surface area contributed by atoms with Crippen molar-refractivity contribution >= 4 is 5.96 Å². The molecule has 2 aliphatic rings. The van der Waals surface area contributed by atoms with Gasteiger partial charge in [0.05, 0.1) is 6.61 Å². The molecule has 1 N–H and O–H groups in total. The van der Waals surface area contributed by atoms with Crippen molar-refractivity contribution in [2.45, 2.75) is 26.2 Å². The summed E-state index contributed by atoms with van der Waals surface area (Å²) in [7, 11) is 4.01. The minimum atomic E-state index is 0.653. The Bertz CT molecular complexity index is 328. The van der Waals surface area contributed by atoms with Gasteiger partial charge in [0.15, 0.2) is 5.96 Å². The van der Waals surface area contributed by atoms with Crippen LogP contribution in [-0.4, -0.2) is 75.8 Å². The number of nitrogens with one attached hydrogen (secondary N) is 1. The summed E-state index contributed by atoms with van der Waals surface area (Å²) in [6.07, 6.45) is 3.74. The Kier molecular flexibility index (Phi) is 6.77. The number of ether oxygens (including phenoxy) is 1. The molecule has 0 spiro atoms. The van der Waals surface area contributed by atoms with Crippen LogP contribution in [0.15, 0.2) is 4.99 Å². The largest absolute Gasteiger partial charge is 0.381 e. The van der Waals surface area contributed by atoms with E-state index >= 15 is 0 Å². The van der Waals surface area contributed by atoms with Crippen LogP contribution >= 0.6 is 0 Å². The number of hydrogen-bond acceptors (Lipinski definition) is 3. The Labute approximate surface area is 129 Å². The molecule has 21 heavy (non-hydrogen) atoms. The Morgan fingerprint density at radius 1 is 1.38 bits per heavy atom. The van der Waals surface area contributed by atoms with Gasteiger partial charge in [0, 0.05) is 46.3 Å². The molecule has 2 heterocycles. The van der Waals surface area contributed by atoms with Crippen molar-refractivity contribution in [3.8, 4) is 0 Å². The van der Waals surface area contributed by atoms with Gasteiger partial charge in [-0.05, 0) is 38.3 Å². The maximum absolute atomic E-state index is 5.45. The van der Waals surface area contributed by atoms with Crippen LogP contribution in [0.4, 0.5) is 0 Å². The molecule has 2 atom stereocenters. The van der Waals surface area contributed by atoms with Gasteiger partial charge in [-0.15, -0.1) is 0 Å². The third-order valence-electron chi connectivity index (χ3n) is 4.59. The summed E-state index contributed by atoms with van der Waals surface area (Å²) in [5.74, 6) is 2.44. The molecule has 5 nitrogen and oxygen atoms in total. The minimum absolute atomic E-state index is 0.653. The molecule has 0 saturated carbocycles. The lowest BCUT2D eigenvalue weighted by atomic mass is 10.1. The Morgan fingerprint density at radius 2 is 2.24 bits per heavy atom. The molecule has 0 aromatic heterocycles. The first-order valence-electron chi connectivity index (χ1n) is 8.44. The van der Waals surface area contributed by atoms with Crippen molar-refractivity contribution in [3.63, 3.8) is 0 Å². The molecule has 0 aromatic rings. The molecular weight excluding hydrogens is 264 g/mol. The van der Waals surface area contributed by atoms with E-state index in [1.807, 2.05) is 7.05 Å². The van der Waals surface area contributed by atoms with Crippen LogP contribution in [0.3, 0.4) is 0 Å². The van der Waals surface area contributed by atoms with Crippen LogP contribution < -0.4 is 5.32 Å². The van der Waals surface area contributed by atoms with Gasteiger partial charge in [-0.3, -0.25) is 4.99 Å². The standard InChI is InChI=1S/C16H32N4O/c1-4-7-20-8-5-14(12-20)10-18-16(17-2)19(3)11-15-6-9-21-13-15/h14-15H,4-13H2,1-3H3,(H,17,18). The SMILES string of the molecule is CCCN1CCC(CNC(=NC)N(C)CC2CCOC2)C1. The number of hydrogen-bond donors (Lipinski definition) is 1. The van der Waals surface area contributed by atoms with Crippen molar-refractivity contribution in [1.29, 1.82) is 0 Å². The molecule has 0 radical (unpaired) electrons. The molecule has 5 heteroatoms. The third kappa shape index (κ3) is 5.15.